The lowest BCUT2D eigenvalue weighted by Crippen LogP contribution is -2.18. The second-order valence-electron chi connectivity index (χ2n) is 8.44. The topological polar surface area (TPSA) is 40.5 Å². The first-order chi connectivity index (χ1) is 12.7. The fraction of sp³-hybridized carbons (Fsp3) is 0.667. The monoisotopic (exact) mass is 356 g/mol. The minimum Gasteiger partial charge on any atom is -0.392 e. The molecule has 0 radical (unpaired) electrons. The smallest absolute Gasteiger partial charge is 0.0818 e. The summed E-state index contributed by atoms with van der Waals surface area (Å²) in [6, 6.07) is 8.51. The summed E-state index contributed by atoms with van der Waals surface area (Å²) >= 11 is 0. The van der Waals surface area contributed by atoms with E-state index < -0.39 is 0 Å². The highest BCUT2D eigenvalue weighted by molar-refractivity contribution is 5.29. The molecule has 2 N–H and O–H groups in total. The van der Waals surface area contributed by atoms with Crippen LogP contribution in [-0.4, -0.2) is 16.3 Å². The van der Waals surface area contributed by atoms with E-state index in [2.05, 4.69) is 43.3 Å². The third-order valence-electron chi connectivity index (χ3n) is 6.58. The predicted octanol–water partition coefficient (Wildman–Crippen LogP) is 5.90. The number of hydrogen-bond acceptors (Lipinski definition) is 2. The SMILES string of the molecule is CCC/C=C/CC1CCC(O)C1c1ccc(C(O)C2CCCCC2)cc1. The fourth-order valence-corrected chi connectivity index (χ4v) is 5.01. The number of unbranched alkanes of at least 4 members (excludes halogenated alkanes) is 1. The fourth-order valence-electron chi connectivity index (χ4n) is 5.01. The highest BCUT2D eigenvalue weighted by Crippen LogP contribution is 2.42. The van der Waals surface area contributed by atoms with E-state index in [-0.39, 0.29) is 18.1 Å². The molecule has 144 valence electrons. The third kappa shape index (κ3) is 4.78. The minimum atomic E-state index is -0.328. The van der Waals surface area contributed by atoms with E-state index in [0.29, 0.717) is 11.8 Å². The molecule has 2 aliphatic carbocycles. The van der Waals surface area contributed by atoms with Gasteiger partial charge in [0, 0.05) is 5.92 Å². The van der Waals surface area contributed by atoms with Gasteiger partial charge >= 0.3 is 0 Å². The first kappa shape index (κ1) is 19.6. The van der Waals surface area contributed by atoms with Crippen molar-refractivity contribution in [1.29, 1.82) is 0 Å². The van der Waals surface area contributed by atoms with Crippen molar-refractivity contribution in [3.63, 3.8) is 0 Å². The van der Waals surface area contributed by atoms with Crippen molar-refractivity contribution in [3.8, 4) is 0 Å². The van der Waals surface area contributed by atoms with Crippen LogP contribution < -0.4 is 0 Å². The first-order valence-corrected chi connectivity index (χ1v) is 10.8. The zero-order valence-corrected chi connectivity index (χ0v) is 16.3. The summed E-state index contributed by atoms with van der Waals surface area (Å²) in [5.41, 5.74) is 2.29. The van der Waals surface area contributed by atoms with E-state index in [4.69, 9.17) is 0 Å². The summed E-state index contributed by atoms with van der Waals surface area (Å²) in [5, 5.41) is 21.2. The van der Waals surface area contributed by atoms with Gasteiger partial charge in [-0.1, -0.05) is 69.0 Å². The standard InChI is InChI=1S/C24H36O2/c1-2-3-4-6-9-18-16-17-22(25)23(18)19-12-14-21(15-13-19)24(26)20-10-7-5-8-11-20/h4,6,12-15,18,20,22-26H,2-3,5,7-11,16-17H2,1H3/b6-4+. The van der Waals surface area contributed by atoms with E-state index in [1.54, 1.807) is 0 Å². The molecule has 0 heterocycles. The van der Waals surface area contributed by atoms with Crippen LogP contribution in [0.15, 0.2) is 36.4 Å². The van der Waals surface area contributed by atoms with Crippen LogP contribution in [0.3, 0.4) is 0 Å². The largest absolute Gasteiger partial charge is 0.392 e. The summed E-state index contributed by atoms with van der Waals surface area (Å²) in [4.78, 5) is 0. The van der Waals surface area contributed by atoms with Crippen molar-refractivity contribution in [3.05, 3.63) is 47.5 Å². The number of hydrogen-bond donors (Lipinski definition) is 2. The number of aliphatic hydroxyl groups is 2. The predicted molar refractivity (Wildman–Crippen MR) is 108 cm³/mol. The molecule has 0 saturated heterocycles. The second kappa shape index (κ2) is 9.71. The van der Waals surface area contributed by atoms with Crippen LogP contribution in [0, 0.1) is 11.8 Å². The maximum atomic E-state index is 10.7. The molecule has 2 aliphatic rings. The lowest BCUT2D eigenvalue weighted by atomic mass is 9.81. The highest BCUT2D eigenvalue weighted by Gasteiger charge is 2.35. The molecule has 2 nitrogen and oxygen atoms in total. The van der Waals surface area contributed by atoms with Gasteiger partial charge in [0.1, 0.15) is 0 Å². The van der Waals surface area contributed by atoms with Gasteiger partial charge in [0.2, 0.25) is 0 Å². The molecule has 2 heteroatoms. The Kier molecular flexibility index (Phi) is 7.33. The number of benzene rings is 1. The Bertz CT molecular complexity index is 556. The summed E-state index contributed by atoms with van der Waals surface area (Å²) in [6.45, 7) is 2.20. The Morgan fingerprint density at radius 1 is 1.00 bits per heavy atom. The molecule has 1 aromatic rings. The Balaban J connectivity index is 1.65. The molecule has 0 amide bonds. The van der Waals surface area contributed by atoms with Crippen LogP contribution in [0.4, 0.5) is 0 Å². The molecule has 0 aliphatic heterocycles. The average Bonchev–Trinajstić information content (AvgIpc) is 3.06. The summed E-state index contributed by atoms with van der Waals surface area (Å²) in [5.74, 6) is 1.19. The van der Waals surface area contributed by atoms with E-state index in [1.165, 1.54) is 31.2 Å². The van der Waals surface area contributed by atoms with Gasteiger partial charge in [0.05, 0.1) is 12.2 Å². The van der Waals surface area contributed by atoms with Crippen LogP contribution >= 0.6 is 0 Å². The van der Waals surface area contributed by atoms with Crippen LogP contribution in [-0.2, 0) is 0 Å². The third-order valence-corrected chi connectivity index (χ3v) is 6.58. The molecule has 0 spiro atoms. The molecule has 26 heavy (non-hydrogen) atoms. The van der Waals surface area contributed by atoms with Crippen LogP contribution in [0.1, 0.15) is 94.3 Å². The van der Waals surface area contributed by atoms with Gasteiger partial charge in [-0.25, -0.2) is 0 Å². The number of allylic oxidation sites excluding steroid dienone is 2. The van der Waals surface area contributed by atoms with Crippen molar-refractivity contribution >= 4 is 0 Å². The van der Waals surface area contributed by atoms with Crippen LogP contribution in [0.5, 0.6) is 0 Å². The van der Waals surface area contributed by atoms with Gasteiger partial charge in [-0.05, 0) is 61.5 Å². The zero-order chi connectivity index (χ0) is 18.4. The molecule has 2 saturated carbocycles. The molecule has 1 aromatic carbocycles. The molecule has 3 rings (SSSR count). The normalized spacial score (nSPS) is 28.7. The van der Waals surface area contributed by atoms with Gasteiger partial charge in [-0.15, -0.1) is 0 Å². The Hall–Kier alpha value is -1.12. The van der Waals surface area contributed by atoms with E-state index in [0.717, 1.165) is 44.1 Å². The molecule has 4 atom stereocenters. The van der Waals surface area contributed by atoms with E-state index in [9.17, 15) is 10.2 Å². The second-order valence-corrected chi connectivity index (χ2v) is 8.44. The van der Waals surface area contributed by atoms with E-state index >= 15 is 0 Å². The maximum Gasteiger partial charge on any atom is 0.0818 e. The quantitative estimate of drug-likeness (QED) is 0.597. The summed E-state index contributed by atoms with van der Waals surface area (Å²) in [6.07, 6.45) is 15.6. The number of rotatable bonds is 7. The van der Waals surface area contributed by atoms with Crippen molar-refractivity contribution in [2.24, 2.45) is 11.8 Å². The summed E-state index contributed by atoms with van der Waals surface area (Å²) < 4.78 is 0. The van der Waals surface area contributed by atoms with Gasteiger partial charge in [-0.3, -0.25) is 0 Å². The van der Waals surface area contributed by atoms with Crippen LogP contribution in [0.2, 0.25) is 0 Å². The Morgan fingerprint density at radius 3 is 2.42 bits per heavy atom. The summed E-state index contributed by atoms with van der Waals surface area (Å²) in [7, 11) is 0. The molecular formula is C24H36O2. The molecular weight excluding hydrogens is 320 g/mol. The lowest BCUT2D eigenvalue weighted by molar-refractivity contribution is 0.0848. The minimum absolute atomic E-state index is 0.228. The molecule has 2 fully saturated rings. The maximum absolute atomic E-state index is 10.7. The Labute approximate surface area is 159 Å². The zero-order valence-electron chi connectivity index (χ0n) is 16.3. The average molecular weight is 357 g/mol. The van der Waals surface area contributed by atoms with Gasteiger partial charge in [-0.2, -0.15) is 0 Å². The van der Waals surface area contributed by atoms with Crippen molar-refractivity contribution in [2.75, 3.05) is 0 Å². The van der Waals surface area contributed by atoms with Crippen molar-refractivity contribution < 1.29 is 10.2 Å². The number of aliphatic hydroxyl groups excluding tert-OH is 2. The first-order valence-electron chi connectivity index (χ1n) is 10.8. The van der Waals surface area contributed by atoms with Crippen LogP contribution in [0.25, 0.3) is 0 Å². The molecule has 0 bridgehead atoms. The van der Waals surface area contributed by atoms with Crippen molar-refractivity contribution in [2.45, 2.75) is 89.3 Å². The van der Waals surface area contributed by atoms with Gasteiger partial charge in [0.25, 0.3) is 0 Å². The lowest BCUT2D eigenvalue weighted by Gasteiger charge is -2.27. The van der Waals surface area contributed by atoms with Gasteiger partial charge < -0.3 is 10.2 Å². The Morgan fingerprint density at radius 2 is 1.73 bits per heavy atom. The van der Waals surface area contributed by atoms with Crippen molar-refractivity contribution in [1.82, 2.24) is 0 Å². The molecule has 4 unspecified atom stereocenters. The molecule has 0 aromatic heterocycles. The van der Waals surface area contributed by atoms with Gasteiger partial charge in [0.15, 0.2) is 0 Å². The van der Waals surface area contributed by atoms with E-state index in [1.807, 2.05) is 0 Å². The highest BCUT2D eigenvalue weighted by atomic mass is 16.3.